The predicted octanol–water partition coefficient (Wildman–Crippen LogP) is 2.35. The molecule has 0 fully saturated rings. The van der Waals surface area contributed by atoms with Crippen molar-refractivity contribution in [1.82, 2.24) is 19.6 Å². The molecule has 3 rings (SSSR count). The number of carbonyl (C=O) groups is 1. The normalized spacial score (nSPS) is 12.3. The van der Waals surface area contributed by atoms with Gasteiger partial charge in [-0.2, -0.15) is 4.98 Å². The van der Waals surface area contributed by atoms with Gasteiger partial charge in [0.1, 0.15) is 6.10 Å². The number of hydrogen-bond acceptors (Lipinski definition) is 5. The van der Waals surface area contributed by atoms with E-state index in [4.69, 9.17) is 4.74 Å². The third-order valence-electron chi connectivity index (χ3n) is 3.17. The van der Waals surface area contributed by atoms with Gasteiger partial charge in [-0.25, -0.2) is 14.3 Å². The van der Waals surface area contributed by atoms with Gasteiger partial charge in [0.25, 0.3) is 11.6 Å². The number of aryl methyl sites for hydroxylation is 1. The number of rotatable bonds is 3. The lowest BCUT2D eigenvalue weighted by Gasteiger charge is -2.11. The highest BCUT2D eigenvalue weighted by molar-refractivity contribution is 5.85. The Morgan fingerprint density at radius 3 is 2.71 bits per heavy atom. The Bertz CT molecular complexity index is 783. The standard InChI is InChI=1S/C15H14N4O2/c1-10-8-9-16-15-17-13(18-19(10)15)14(20)21-11(2)12-6-4-3-5-7-12/h3-9,11H,1-2H3. The Hall–Kier alpha value is -2.76. The Kier molecular flexibility index (Phi) is 3.35. The minimum absolute atomic E-state index is 0.0135. The molecule has 2 heterocycles. The summed E-state index contributed by atoms with van der Waals surface area (Å²) >= 11 is 0. The lowest BCUT2D eigenvalue weighted by Crippen LogP contribution is -2.11. The molecule has 1 atom stereocenters. The molecule has 1 unspecified atom stereocenters. The van der Waals surface area contributed by atoms with Crippen molar-refractivity contribution < 1.29 is 9.53 Å². The van der Waals surface area contributed by atoms with Crippen LogP contribution in [0.1, 0.15) is 34.9 Å². The van der Waals surface area contributed by atoms with Gasteiger partial charge < -0.3 is 4.74 Å². The van der Waals surface area contributed by atoms with Gasteiger partial charge in [0, 0.05) is 11.9 Å². The number of fused-ring (bicyclic) bond motifs is 1. The molecule has 0 saturated carbocycles. The zero-order chi connectivity index (χ0) is 14.8. The van der Waals surface area contributed by atoms with Gasteiger partial charge in [0.05, 0.1) is 0 Å². The summed E-state index contributed by atoms with van der Waals surface area (Å²) in [5, 5.41) is 4.13. The van der Waals surface area contributed by atoms with E-state index in [9.17, 15) is 4.79 Å². The lowest BCUT2D eigenvalue weighted by molar-refractivity contribution is 0.0323. The van der Waals surface area contributed by atoms with Gasteiger partial charge in [-0.1, -0.05) is 30.3 Å². The van der Waals surface area contributed by atoms with Crippen LogP contribution in [0.15, 0.2) is 42.6 Å². The predicted molar refractivity (Wildman–Crippen MR) is 75.8 cm³/mol. The first-order chi connectivity index (χ1) is 10.1. The summed E-state index contributed by atoms with van der Waals surface area (Å²) in [6.07, 6.45) is 1.26. The molecule has 6 nitrogen and oxygen atoms in total. The summed E-state index contributed by atoms with van der Waals surface area (Å²) in [5.74, 6) is -0.162. The van der Waals surface area contributed by atoms with E-state index in [1.807, 2.05) is 44.2 Å². The first-order valence-corrected chi connectivity index (χ1v) is 6.59. The third-order valence-corrected chi connectivity index (χ3v) is 3.17. The molecule has 0 aliphatic rings. The summed E-state index contributed by atoms with van der Waals surface area (Å²) in [7, 11) is 0. The second kappa shape index (κ2) is 5.32. The molecule has 0 radical (unpaired) electrons. The average Bonchev–Trinajstić information content (AvgIpc) is 2.94. The minimum Gasteiger partial charge on any atom is -0.452 e. The second-order valence-electron chi connectivity index (χ2n) is 4.69. The molecule has 106 valence electrons. The Morgan fingerprint density at radius 2 is 2.00 bits per heavy atom. The molecule has 21 heavy (non-hydrogen) atoms. The summed E-state index contributed by atoms with van der Waals surface area (Å²) < 4.78 is 6.90. The number of carbonyl (C=O) groups excluding carboxylic acids is 1. The number of nitrogens with zero attached hydrogens (tertiary/aromatic N) is 4. The van der Waals surface area contributed by atoms with E-state index in [0.717, 1.165) is 11.3 Å². The summed E-state index contributed by atoms with van der Waals surface area (Å²) in [5.41, 5.74) is 1.77. The molecule has 0 bridgehead atoms. The van der Waals surface area contributed by atoms with Crippen LogP contribution in [0.25, 0.3) is 5.78 Å². The molecule has 6 heteroatoms. The Labute approximate surface area is 121 Å². The largest absolute Gasteiger partial charge is 0.452 e. The van der Waals surface area contributed by atoms with Crippen molar-refractivity contribution in [2.45, 2.75) is 20.0 Å². The van der Waals surface area contributed by atoms with Gasteiger partial charge in [-0.3, -0.25) is 0 Å². The zero-order valence-corrected chi connectivity index (χ0v) is 11.7. The second-order valence-corrected chi connectivity index (χ2v) is 4.69. The molecule has 0 amide bonds. The van der Waals surface area contributed by atoms with E-state index in [0.29, 0.717) is 5.78 Å². The van der Waals surface area contributed by atoms with E-state index in [2.05, 4.69) is 15.1 Å². The van der Waals surface area contributed by atoms with Crippen LogP contribution in [0, 0.1) is 6.92 Å². The molecular formula is C15H14N4O2. The van der Waals surface area contributed by atoms with Gasteiger partial charge >= 0.3 is 5.97 Å². The minimum atomic E-state index is -0.559. The topological polar surface area (TPSA) is 69.4 Å². The van der Waals surface area contributed by atoms with Crippen LogP contribution >= 0.6 is 0 Å². The first kappa shape index (κ1) is 13.2. The number of esters is 1. The number of ether oxygens (including phenoxy) is 1. The van der Waals surface area contributed by atoms with Crippen LogP contribution in [0.3, 0.4) is 0 Å². The van der Waals surface area contributed by atoms with Gasteiger partial charge in [-0.15, -0.1) is 5.10 Å². The van der Waals surface area contributed by atoms with Crippen LogP contribution < -0.4 is 0 Å². The van der Waals surface area contributed by atoms with Gasteiger partial charge in [0.15, 0.2) is 0 Å². The van der Waals surface area contributed by atoms with Crippen LogP contribution in [0.4, 0.5) is 0 Å². The van der Waals surface area contributed by atoms with Crippen molar-refractivity contribution in [1.29, 1.82) is 0 Å². The molecule has 1 aromatic carbocycles. The fraction of sp³-hybridized carbons (Fsp3) is 0.200. The molecular weight excluding hydrogens is 268 g/mol. The van der Waals surface area contributed by atoms with E-state index < -0.39 is 5.97 Å². The SMILES string of the molecule is Cc1ccnc2nc(C(=O)OC(C)c3ccccc3)nn12. The van der Waals surface area contributed by atoms with Crippen molar-refractivity contribution >= 4 is 11.7 Å². The molecule has 0 saturated heterocycles. The van der Waals surface area contributed by atoms with Crippen LogP contribution in [-0.4, -0.2) is 25.6 Å². The smallest absolute Gasteiger partial charge is 0.378 e. The Morgan fingerprint density at radius 1 is 1.24 bits per heavy atom. The fourth-order valence-corrected chi connectivity index (χ4v) is 2.00. The van der Waals surface area contributed by atoms with E-state index in [1.165, 1.54) is 4.52 Å². The third kappa shape index (κ3) is 2.60. The highest BCUT2D eigenvalue weighted by Crippen LogP contribution is 2.17. The quantitative estimate of drug-likeness (QED) is 0.690. The van der Waals surface area contributed by atoms with Crippen LogP contribution in [0.2, 0.25) is 0 Å². The maximum Gasteiger partial charge on any atom is 0.378 e. The monoisotopic (exact) mass is 282 g/mol. The van der Waals surface area contributed by atoms with Crippen LogP contribution in [-0.2, 0) is 4.74 Å². The lowest BCUT2D eigenvalue weighted by atomic mass is 10.1. The summed E-state index contributed by atoms with van der Waals surface area (Å²) in [6.45, 7) is 3.68. The molecule has 0 aliphatic carbocycles. The van der Waals surface area contributed by atoms with Gasteiger partial charge in [-0.05, 0) is 25.5 Å². The zero-order valence-electron chi connectivity index (χ0n) is 11.7. The van der Waals surface area contributed by atoms with Gasteiger partial charge in [0.2, 0.25) is 0 Å². The number of aromatic nitrogens is 4. The molecule has 0 aliphatic heterocycles. The number of hydrogen-bond donors (Lipinski definition) is 0. The van der Waals surface area contributed by atoms with Crippen molar-refractivity contribution in [2.75, 3.05) is 0 Å². The van der Waals surface area contributed by atoms with Crippen LogP contribution in [0.5, 0.6) is 0 Å². The summed E-state index contributed by atoms with van der Waals surface area (Å²) in [6, 6.07) is 11.3. The van der Waals surface area contributed by atoms with E-state index in [1.54, 1.807) is 12.3 Å². The average molecular weight is 282 g/mol. The first-order valence-electron chi connectivity index (χ1n) is 6.59. The van der Waals surface area contributed by atoms with Crippen molar-refractivity contribution in [3.63, 3.8) is 0 Å². The van der Waals surface area contributed by atoms with Crippen molar-refractivity contribution in [3.8, 4) is 0 Å². The van der Waals surface area contributed by atoms with E-state index in [-0.39, 0.29) is 11.9 Å². The van der Waals surface area contributed by atoms with Crippen molar-refractivity contribution in [2.24, 2.45) is 0 Å². The Balaban J connectivity index is 1.82. The highest BCUT2D eigenvalue weighted by atomic mass is 16.5. The summed E-state index contributed by atoms with van der Waals surface area (Å²) in [4.78, 5) is 20.3. The molecule has 3 aromatic rings. The van der Waals surface area contributed by atoms with E-state index >= 15 is 0 Å². The number of benzene rings is 1. The molecule has 2 aromatic heterocycles. The molecule has 0 N–H and O–H groups in total. The van der Waals surface area contributed by atoms with Crippen molar-refractivity contribution in [3.05, 3.63) is 59.7 Å². The maximum atomic E-state index is 12.1. The maximum absolute atomic E-state index is 12.1. The highest BCUT2D eigenvalue weighted by Gasteiger charge is 2.19. The molecule has 0 spiro atoms. The fourth-order valence-electron chi connectivity index (χ4n) is 2.00.